The smallest absolute Gasteiger partial charge is 0.273 e. The first kappa shape index (κ1) is 21.1. The number of carbonyl (C=O) groups is 2. The summed E-state index contributed by atoms with van der Waals surface area (Å²) in [7, 11) is 2.00. The molecule has 0 spiro atoms. The van der Waals surface area contributed by atoms with E-state index in [1.165, 1.54) is 0 Å². The molecule has 0 aliphatic carbocycles. The third-order valence-corrected chi connectivity index (χ3v) is 5.48. The number of para-hydroxylation sites is 1. The van der Waals surface area contributed by atoms with E-state index in [0.29, 0.717) is 35.3 Å². The molecule has 0 saturated carbocycles. The predicted octanol–water partition coefficient (Wildman–Crippen LogP) is 3.20. The minimum absolute atomic E-state index is 0.0432. The van der Waals surface area contributed by atoms with Crippen LogP contribution in [0.15, 0.2) is 42.6 Å². The van der Waals surface area contributed by atoms with Crippen LogP contribution >= 0.6 is 11.6 Å². The highest BCUT2D eigenvalue weighted by Gasteiger charge is 2.30. The summed E-state index contributed by atoms with van der Waals surface area (Å²) in [6.07, 6.45) is 5.05. The lowest BCUT2D eigenvalue weighted by molar-refractivity contribution is -0.129. The van der Waals surface area contributed by atoms with E-state index in [4.69, 9.17) is 11.6 Å². The molecule has 1 aromatic heterocycles. The second-order valence-electron chi connectivity index (χ2n) is 7.05. The number of nitrogens with zero attached hydrogens (tertiary/aromatic N) is 4. The molecule has 0 saturated heterocycles. The number of halogens is 1. The number of anilines is 1. The number of rotatable bonds is 6. The summed E-state index contributed by atoms with van der Waals surface area (Å²) in [5.74, 6) is 0.387. The van der Waals surface area contributed by atoms with Crippen LogP contribution in [-0.2, 0) is 11.3 Å². The maximum absolute atomic E-state index is 12.7. The zero-order valence-corrected chi connectivity index (χ0v) is 17.7. The Kier molecular flexibility index (Phi) is 6.71. The van der Waals surface area contributed by atoms with Crippen molar-refractivity contribution in [3.05, 3.63) is 59.2 Å². The van der Waals surface area contributed by atoms with E-state index >= 15 is 0 Å². The van der Waals surface area contributed by atoms with Crippen LogP contribution in [0.3, 0.4) is 0 Å². The number of hydrogen-bond donors (Lipinski definition) is 1. The molecule has 2 heterocycles. The van der Waals surface area contributed by atoms with E-state index in [0.717, 1.165) is 13.1 Å². The van der Waals surface area contributed by atoms with Crippen molar-refractivity contribution in [1.82, 2.24) is 19.4 Å². The first-order valence-corrected chi connectivity index (χ1v) is 10.1. The molecule has 0 bridgehead atoms. The summed E-state index contributed by atoms with van der Waals surface area (Å²) in [6, 6.07) is 6.87. The monoisotopic (exact) mass is 415 g/mol. The summed E-state index contributed by atoms with van der Waals surface area (Å²) < 4.78 is 1.87. The van der Waals surface area contributed by atoms with E-state index in [2.05, 4.69) is 22.1 Å². The average Bonchev–Trinajstić information content (AvgIpc) is 3.15. The normalized spacial score (nSPS) is 16.3. The number of hydrogen-bond acceptors (Lipinski definition) is 4. The molecule has 154 valence electrons. The zero-order chi connectivity index (χ0) is 21.0. The van der Waals surface area contributed by atoms with Crippen LogP contribution in [0.5, 0.6) is 0 Å². The lowest BCUT2D eigenvalue weighted by atomic mass is 10.2. The first-order chi connectivity index (χ1) is 13.9. The summed E-state index contributed by atoms with van der Waals surface area (Å²) >= 11 is 6.13. The van der Waals surface area contributed by atoms with Crippen molar-refractivity contribution in [3.63, 3.8) is 0 Å². The number of benzene rings is 1. The second kappa shape index (κ2) is 9.24. The molecule has 0 radical (unpaired) electrons. The van der Waals surface area contributed by atoms with Gasteiger partial charge in [0.2, 0.25) is 5.91 Å². The van der Waals surface area contributed by atoms with Gasteiger partial charge >= 0.3 is 0 Å². The Morgan fingerprint density at radius 3 is 2.83 bits per heavy atom. The maximum Gasteiger partial charge on any atom is 0.273 e. The van der Waals surface area contributed by atoms with Crippen molar-refractivity contribution in [2.45, 2.75) is 26.4 Å². The lowest BCUT2D eigenvalue weighted by Crippen LogP contribution is -2.41. The van der Waals surface area contributed by atoms with Crippen molar-refractivity contribution in [2.75, 3.05) is 32.0 Å². The van der Waals surface area contributed by atoms with Crippen LogP contribution in [-0.4, -0.2) is 57.8 Å². The van der Waals surface area contributed by atoms with Gasteiger partial charge in [-0.05, 0) is 32.6 Å². The lowest BCUT2D eigenvalue weighted by Gasteiger charge is -2.33. The minimum Gasteiger partial charge on any atom is -0.327 e. The molecular weight excluding hydrogens is 390 g/mol. The number of nitrogens with one attached hydrogen (secondary N) is 1. The molecule has 2 aromatic rings. The molecule has 29 heavy (non-hydrogen) atoms. The maximum atomic E-state index is 12.7. The Balaban J connectivity index is 1.71. The van der Waals surface area contributed by atoms with Gasteiger partial charge in [0, 0.05) is 25.7 Å². The molecule has 1 aromatic carbocycles. The molecule has 7 nitrogen and oxygen atoms in total. The van der Waals surface area contributed by atoms with Gasteiger partial charge in [-0.1, -0.05) is 36.7 Å². The van der Waals surface area contributed by atoms with Gasteiger partial charge in [0.1, 0.15) is 11.5 Å². The van der Waals surface area contributed by atoms with Crippen molar-refractivity contribution >= 4 is 29.1 Å². The van der Waals surface area contributed by atoms with E-state index in [1.54, 1.807) is 35.4 Å². The van der Waals surface area contributed by atoms with Crippen molar-refractivity contribution < 1.29 is 9.59 Å². The van der Waals surface area contributed by atoms with Crippen molar-refractivity contribution in [2.24, 2.45) is 0 Å². The van der Waals surface area contributed by atoms with E-state index in [-0.39, 0.29) is 17.9 Å². The van der Waals surface area contributed by atoms with Gasteiger partial charge in [0.25, 0.3) is 5.91 Å². The highest BCUT2D eigenvalue weighted by atomic mass is 35.5. The van der Waals surface area contributed by atoms with Gasteiger partial charge in [-0.2, -0.15) is 0 Å². The number of likely N-dealkylation sites (N-methyl/N-ethyl adjacent to an activating group) is 1. The van der Waals surface area contributed by atoms with Gasteiger partial charge < -0.3 is 19.7 Å². The third-order valence-electron chi connectivity index (χ3n) is 5.15. The van der Waals surface area contributed by atoms with Gasteiger partial charge in [-0.25, -0.2) is 4.98 Å². The number of imidazole rings is 1. The Hall–Kier alpha value is -2.64. The fourth-order valence-corrected chi connectivity index (χ4v) is 3.47. The molecule has 1 aliphatic heterocycles. The molecule has 2 amide bonds. The predicted molar refractivity (Wildman–Crippen MR) is 114 cm³/mol. The van der Waals surface area contributed by atoms with Crippen LogP contribution in [0.2, 0.25) is 5.02 Å². The van der Waals surface area contributed by atoms with E-state index < -0.39 is 0 Å². The Morgan fingerprint density at radius 1 is 1.34 bits per heavy atom. The number of amides is 2. The number of carbonyl (C=O) groups excluding carboxylic acids is 2. The zero-order valence-electron chi connectivity index (χ0n) is 16.9. The topological polar surface area (TPSA) is 70.5 Å². The van der Waals surface area contributed by atoms with Crippen LogP contribution in [0.25, 0.3) is 0 Å². The quantitative estimate of drug-likeness (QED) is 0.735. The molecule has 1 N–H and O–H groups in total. The summed E-state index contributed by atoms with van der Waals surface area (Å²) in [4.78, 5) is 33.6. The number of fused-ring (bicyclic) bond motifs is 1. The highest BCUT2D eigenvalue weighted by molar-refractivity contribution is 6.33. The van der Waals surface area contributed by atoms with E-state index in [9.17, 15) is 9.59 Å². The van der Waals surface area contributed by atoms with Crippen LogP contribution < -0.4 is 5.32 Å². The average molecular weight is 416 g/mol. The van der Waals surface area contributed by atoms with Crippen molar-refractivity contribution in [3.8, 4) is 0 Å². The molecule has 1 unspecified atom stereocenters. The molecule has 1 aliphatic rings. The van der Waals surface area contributed by atoms with Crippen LogP contribution in [0.4, 0.5) is 5.69 Å². The standard InChI is InChI=1S/C21H26ClN5O2/c1-4-25(3)11-7-10-19(28)26-12-13-27-18(14-23-20(27)15(26)2)21(29)24-17-9-6-5-8-16(17)22/h5-10,14-15H,4,11-13H2,1-3H3,(H,24,29)/b10-7+. The SMILES string of the molecule is CCN(C)C/C=C/C(=O)N1CCn2c(C(=O)Nc3ccccc3Cl)cnc2C1C. The first-order valence-electron chi connectivity index (χ1n) is 9.69. The summed E-state index contributed by atoms with van der Waals surface area (Å²) in [5, 5.41) is 3.30. The Morgan fingerprint density at radius 2 is 2.10 bits per heavy atom. The Bertz CT molecular complexity index is 924. The fraction of sp³-hybridized carbons (Fsp3) is 0.381. The largest absolute Gasteiger partial charge is 0.327 e. The molecular formula is C21H26ClN5O2. The molecule has 8 heteroatoms. The summed E-state index contributed by atoms with van der Waals surface area (Å²) in [5.41, 5.74) is 1.01. The van der Waals surface area contributed by atoms with Gasteiger partial charge in [-0.3, -0.25) is 9.59 Å². The molecule has 0 fully saturated rings. The molecule has 3 rings (SSSR count). The highest BCUT2D eigenvalue weighted by Crippen LogP contribution is 2.27. The van der Waals surface area contributed by atoms with Crippen LogP contribution in [0.1, 0.15) is 36.2 Å². The minimum atomic E-state index is -0.272. The molecule has 1 atom stereocenters. The third kappa shape index (κ3) is 4.68. The summed E-state index contributed by atoms with van der Waals surface area (Å²) in [6.45, 7) is 6.68. The van der Waals surface area contributed by atoms with Crippen molar-refractivity contribution in [1.29, 1.82) is 0 Å². The Labute approximate surface area is 176 Å². The number of aromatic nitrogens is 2. The van der Waals surface area contributed by atoms with Crippen LogP contribution in [0, 0.1) is 0 Å². The van der Waals surface area contributed by atoms with Gasteiger partial charge in [0.05, 0.1) is 22.9 Å². The van der Waals surface area contributed by atoms with E-state index in [1.807, 2.05) is 30.7 Å². The fourth-order valence-electron chi connectivity index (χ4n) is 3.29. The van der Waals surface area contributed by atoms with Gasteiger partial charge in [0.15, 0.2) is 0 Å². The van der Waals surface area contributed by atoms with Gasteiger partial charge in [-0.15, -0.1) is 0 Å². The second-order valence-corrected chi connectivity index (χ2v) is 7.46.